The van der Waals surface area contributed by atoms with Crippen LogP contribution in [0.1, 0.15) is 23.3 Å². The molecule has 120 valence electrons. The lowest BCUT2D eigenvalue weighted by Gasteiger charge is -2.44. The van der Waals surface area contributed by atoms with Crippen molar-refractivity contribution in [2.45, 2.75) is 18.9 Å². The van der Waals surface area contributed by atoms with Gasteiger partial charge in [-0.15, -0.1) is 24.8 Å². The van der Waals surface area contributed by atoms with Crippen LogP contribution in [0.2, 0.25) is 0 Å². The number of hydrogen-bond donors (Lipinski definition) is 2. The average Bonchev–Trinajstić information content (AvgIpc) is 2.96. The van der Waals surface area contributed by atoms with E-state index in [2.05, 4.69) is 20.2 Å². The van der Waals surface area contributed by atoms with E-state index in [0.717, 1.165) is 17.4 Å². The first-order valence-electron chi connectivity index (χ1n) is 7.26. The summed E-state index contributed by atoms with van der Waals surface area (Å²) in [4.78, 5) is 22.1. The van der Waals surface area contributed by atoms with Gasteiger partial charge in [0.25, 0.3) is 5.91 Å². The number of aromatic amines is 1. The average molecular weight is 343 g/mol. The number of carbonyl (C=O) groups excluding carboxylic acids is 1. The zero-order chi connectivity index (χ0) is 13.5. The summed E-state index contributed by atoms with van der Waals surface area (Å²) in [6.07, 6.45) is 5.99. The van der Waals surface area contributed by atoms with Crippen molar-refractivity contribution in [2.24, 2.45) is 5.92 Å². The molecule has 5 nitrogen and oxygen atoms in total. The van der Waals surface area contributed by atoms with Crippen LogP contribution in [-0.4, -0.2) is 46.5 Å². The lowest BCUT2D eigenvalue weighted by Crippen LogP contribution is -2.57. The van der Waals surface area contributed by atoms with Gasteiger partial charge in [-0.3, -0.25) is 4.79 Å². The molecule has 0 aliphatic carbocycles. The Labute approximate surface area is 141 Å². The molecule has 0 aromatic carbocycles. The highest BCUT2D eigenvalue weighted by Gasteiger charge is 2.35. The molecule has 2 aromatic heterocycles. The van der Waals surface area contributed by atoms with E-state index >= 15 is 0 Å². The van der Waals surface area contributed by atoms with Crippen molar-refractivity contribution >= 4 is 41.6 Å². The Morgan fingerprint density at radius 2 is 2.09 bits per heavy atom. The maximum Gasteiger partial charge on any atom is 0.270 e. The third-order valence-corrected chi connectivity index (χ3v) is 4.64. The molecule has 5 heterocycles. The van der Waals surface area contributed by atoms with Crippen molar-refractivity contribution < 1.29 is 4.79 Å². The van der Waals surface area contributed by atoms with Gasteiger partial charge in [-0.1, -0.05) is 0 Å². The number of rotatable bonds is 2. The lowest BCUT2D eigenvalue weighted by molar-refractivity contribution is 0.0618. The summed E-state index contributed by atoms with van der Waals surface area (Å²) >= 11 is 0. The molecule has 0 unspecified atom stereocenters. The first-order chi connectivity index (χ1) is 9.79. The van der Waals surface area contributed by atoms with Crippen molar-refractivity contribution in [2.75, 3.05) is 19.6 Å². The number of hydrogen-bond acceptors (Lipinski definition) is 3. The Morgan fingerprint density at radius 3 is 2.77 bits per heavy atom. The second-order valence-corrected chi connectivity index (χ2v) is 5.85. The Bertz CT molecular complexity index is 652. The predicted octanol–water partition coefficient (Wildman–Crippen LogP) is 2.23. The number of H-pyrrole nitrogens is 1. The molecular weight excluding hydrogens is 323 g/mol. The van der Waals surface area contributed by atoms with Crippen molar-refractivity contribution in [1.82, 2.24) is 20.2 Å². The Morgan fingerprint density at radius 1 is 1.32 bits per heavy atom. The number of pyridine rings is 1. The van der Waals surface area contributed by atoms with E-state index in [-0.39, 0.29) is 36.8 Å². The molecule has 3 fully saturated rings. The zero-order valence-corrected chi connectivity index (χ0v) is 13.8. The smallest absolute Gasteiger partial charge is 0.270 e. The van der Waals surface area contributed by atoms with Crippen LogP contribution in [0.3, 0.4) is 0 Å². The van der Waals surface area contributed by atoms with Crippen LogP contribution in [-0.2, 0) is 0 Å². The van der Waals surface area contributed by atoms with E-state index in [1.807, 2.05) is 18.3 Å². The van der Waals surface area contributed by atoms with E-state index < -0.39 is 0 Å². The topological polar surface area (TPSA) is 61.0 Å². The molecule has 3 aliphatic heterocycles. The standard InChI is InChI=1S/C15H18N4O.2ClH/c20-15(12-7-11-1-4-16-13(11)8-17-12)18-14-9-19-5-2-10(14)3-6-19;;/h1,4,7-8,10,14,16H,2-3,5-6,9H2,(H,18,20);2*1H/t14-;;/m0../s1. The number of fused-ring (bicyclic) bond motifs is 4. The fraction of sp³-hybridized carbons (Fsp3) is 0.467. The maximum atomic E-state index is 12.4. The molecule has 1 atom stereocenters. The number of nitrogens with one attached hydrogen (secondary N) is 2. The minimum absolute atomic E-state index is 0. The first-order valence-corrected chi connectivity index (χ1v) is 7.26. The van der Waals surface area contributed by atoms with E-state index in [9.17, 15) is 4.79 Å². The van der Waals surface area contributed by atoms with E-state index in [4.69, 9.17) is 0 Å². The molecule has 0 saturated carbocycles. The van der Waals surface area contributed by atoms with E-state index in [1.165, 1.54) is 25.9 Å². The van der Waals surface area contributed by atoms with Crippen LogP contribution >= 0.6 is 24.8 Å². The summed E-state index contributed by atoms with van der Waals surface area (Å²) in [5, 5.41) is 4.20. The van der Waals surface area contributed by atoms with Gasteiger partial charge < -0.3 is 15.2 Å². The summed E-state index contributed by atoms with van der Waals surface area (Å²) in [7, 11) is 0. The van der Waals surface area contributed by atoms with Crippen LogP contribution < -0.4 is 5.32 Å². The van der Waals surface area contributed by atoms with Gasteiger partial charge in [-0.25, -0.2) is 4.98 Å². The monoisotopic (exact) mass is 342 g/mol. The highest BCUT2D eigenvalue weighted by atomic mass is 35.5. The van der Waals surface area contributed by atoms with Crippen molar-refractivity contribution in [3.8, 4) is 0 Å². The van der Waals surface area contributed by atoms with Gasteiger partial charge in [0.05, 0.1) is 11.7 Å². The third kappa shape index (κ3) is 3.07. The van der Waals surface area contributed by atoms with Crippen LogP contribution in [0, 0.1) is 5.92 Å². The minimum Gasteiger partial charge on any atom is -0.360 e. The number of aromatic nitrogens is 2. The fourth-order valence-corrected chi connectivity index (χ4v) is 3.45. The minimum atomic E-state index is -0.0492. The molecule has 22 heavy (non-hydrogen) atoms. The van der Waals surface area contributed by atoms with Crippen LogP contribution in [0.4, 0.5) is 0 Å². The number of amides is 1. The lowest BCUT2D eigenvalue weighted by atomic mass is 9.84. The highest BCUT2D eigenvalue weighted by Crippen LogP contribution is 2.27. The molecule has 3 saturated heterocycles. The molecule has 0 radical (unpaired) electrons. The van der Waals surface area contributed by atoms with Gasteiger partial charge in [0.2, 0.25) is 0 Å². The fourth-order valence-electron chi connectivity index (χ4n) is 3.45. The summed E-state index contributed by atoms with van der Waals surface area (Å²) in [6.45, 7) is 3.36. The van der Waals surface area contributed by atoms with Crippen molar-refractivity contribution in [3.05, 3.63) is 30.2 Å². The molecule has 2 aromatic rings. The molecule has 1 amide bonds. The quantitative estimate of drug-likeness (QED) is 0.879. The predicted molar refractivity (Wildman–Crippen MR) is 91.0 cm³/mol. The third-order valence-electron chi connectivity index (χ3n) is 4.64. The number of halogens is 2. The van der Waals surface area contributed by atoms with Gasteiger partial charge in [0, 0.05) is 24.2 Å². The SMILES string of the molecule is Cl.Cl.O=C(N[C@H]1CN2CCC1CC2)c1cc2cc[nH]c2cn1. The summed E-state index contributed by atoms with van der Waals surface area (Å²) in [5.74, 6) is 0.590. The zero-order valence-electron chi connectivity index (χ0n) is 12.1. The maximum absolute atomic E-state index is 12.4. The molecule has 2 bridgehead atoms. The molecule has 2 N–H and O–H groups in total. The van der Waals surface area contributed by atoms with Gasteiger partial charge in [0.1, 0.15) is 5.69 Å². The first kappa shape index (κ1) is 17.1. The molecule has 7 heteroatoms. The molecular formula is C15H20Cl2N4O. The van der Waals surface area contributed by atoms with Gasteiger partial charge >= 0.3 is 0 Å². The largest absolute Gasteiger partial charge is 0.360 e. The summed E-state index contributed by atoms with van der Waals surface area (Å²) in [6, 6.07) is 4.10. The normalized spacial score (nSPS) is 26.1. The van der Waals surface area contributed by atoms with Crippen LogP contribution in [0.25, 0.3) is 10.9 Å². The van der Waals surface area contributed by atoms with Crippen LogP contribution in [0.15, 0.2) is 24.5 Å². The second-order valence-electron chi connectivity index (χ2n) is 5.85. The molecule has 0 spiro atoms. The van der Waals surface area contributed by atoms with Crippen LogP contribution in [0.5, 0.6) is 0 Å². The Balaban J connectivity index is 0.000000882. The molecule has 3 aliphatic rings. The van der Waals surface area contributed by atoms with E-state index in [0.29, 0.717) is 11.6 Å². The summed E-state index contributed by atoms with van der Waals surface area (Å²) in [5.41, 5.74) is 1.47. The molecule has 5 rings (SSSR count). The Hall–Kier alpha value is -1.30. The van der Waals surface area contributed by atoms with Crippen molar-refractivity contribution in [1.29, 1.82) is 0 Å². The second kappa shape index (κ2) is 6.86. The van der Waals surface area contributed by atoms with Crippen molar-refractivity contribution in [3.63, 3.8) is 0 Å². The number of nitrogens with zero attached hydrogens (tertiary/aromatic N) is 2. The summed E-state index contributed by atoms with van der Waals surface area (Å²) < 4.78 is 0. The number of piperidine rings is 3. The number of carbonyl (C=O) groups is 1. The van der Waals surface area contributed by atoms with Gasteiger partial charge in [-0.05, 0) is 44.0 Å². The van der Waals surface area contributed by atoms with Gasteiger partial charge in [-0.2, -0.15) is 0 Å². The van der Waals surface area contributed by atoms with E-state index in [1.54, 1.807) is 6.20 Å². The Kier molecular flexibility index (Phi) is 5.32. The van der Waals surface area contributed by atoms with Gasteiger partial charge in [0.15, 0.2) is 0 Å². The highest BCUT2D eigenvalue weighted by molar-refractivity contribution is 5.96.